The summed E-state index contributed by atoms with van der Waals surface area (Å²) >= 11 is 0. The minimum absolute atomic E-state index is 0. The third-order valence-electron chi connectivity index (χ3n) is 2.26. The fraction of sp³-hybridized carbons (Fsp3) is 0.714. The maximum atomic E-state index is 11.1. The lowest BCUT2D eigenvalue weighted by Crippen LogP contribution is -2.61. The van der Waals surface area contributed by atoms with Gasteiger partial charge >= 0.3 is 12.1 Å². The van der Waals surface area contributed by atoms with Crippen LogP contribution in [-0.4, -0.2) is 53.8 Å². The molecule has 80 valence electrons. The van der Waals surface area contributed by atoms with Crippen LogP contribution in [0.5, 0.6) is 0 Å². The molecule has 2 heterocycles. The lowest BCUT2D eigenvalue weighted by Gasteiger charge is -2.36. The average molecular weight is 223 g/mol. The van der Waals surface area contributed by atoms with Crippen molar-refractivity contribution < 1.29 is 19.4 Å². The first-order valence-corrected chi connectivity index (χ1v) is 4.02. The highest BCUT2D eigenvalue weighted by atomic mass is 35.5. The second-order valence-corrected chi connectivity index (χ2v) is 3.40. The van der Waals surface area contributed by atoms with Crippen molar-refractivity contribution in [2.45, 2.75) is 5.60 Å². The van der Waals surface area contributed by atoms with Gasteiger partial charge in [-0.2, -0.15) is 0 Å². The summed E-state index contributed by atoms with van der Waals surface area (Å²) in [7, 11) is 0. The number of carboxylic acids is 1. The number of carbonyl (C=O) groups excluding carboxylic acids is 1. The van der Waals surface area contributed by atoms with E-state index in [1.165, 1.54) is 4.90 Å². The maximum Gasteiger partial charge on any atom is 0.411 e. The number of carbonyl (C=O) groups is 2. The van der Waals surface area contributed by atoms with E-state index in [9.17, 15) is 9.59 Å². The zero-order valence-electron chi connectivity index (χ0n) is 7.36. The Balaban J connectivity index is 0.000000980. The van der Waals surface area contributed by atoms with Gasteiger partial charge in [-0.3, -0.25) is 9.69 Å². The molecule has 2 aliphatic rings. The van der Waals surface area contributed by atoms with Gasteiger partial charge in [0.15, 0.2) is 5.60 Å². The summed E-state index contributed by atoms with van der Waals surface area (Å²) in [6, 6.07) is 0. The smallest absolute Gasteiger partial charge is 0.411 e. The fourth-order valence-electron chi connectivity index (χ4n) is 1.57. The summed E-state index contributed by atoms with van der Waals surface area (Å²) in [6.07, 6.45) is -0.524. The van der Waals surface area contributed by atoms with Gasteiger partial charge in [0, 0.05) is 13.1 Å². The number of carboxylic acid groups (broad SMARTS) is 1. The Morgan fingerprint density at radius 1 is 1.64 bits per heavy atom. The SMILES string of the molecule is Cl.O=C(O)CN1CC2(CNC2)OC1=O. The number of halogens is 1. The van der Waals surface area contributed by atoms with E-state index in [4.69, 9.17) is 9.84 Å². The molecule has 0 unspecified atom stereocenters. The van der Waals surface area contributed by atoms with Crippen molar-refractivity contribution in [3.05, 3.63) is 0 Å². The van der Waals surface area contributed by atoms with E-state index in [1.807, 2.05) is 0 Å². The molecule has 2 rings (SSSR count). The molecule has 0 aromatic carbocycles. The van der Waals surface area contributed by atoms with Crippen LogP contribution >= 0.6 is 12.4 Å². The highest BCUT2D eigenvalue weighted by Gasteiger charge is 2.49. The van der Waals surface area contributed by atoms with Crippen LogP contribution in [0.1, 0.15) is 0 Å². The molecule has 2 aliphatic heterocycles. The second-order valence-electron chi connectivity index (χ2n) is 3.40. The Morgan fingerprint density at radius 2 is 2.29 bits per heavy atom. The Morgan fingerprint density at radius 3 is 2.64 bits per heavy atom. The molecule has 1 spiro atoms. The van der Waals surface area contributed by atoms with E-state index in [0.717, 1.165) is 0 Å². The van der Waals surface area contributed by atoms with Crippen LogP contribution in [-0.2, 0) is 9.53 Å². The van der Waals surface area contributed by atoms with Gasteiger partial charge in [-0.15, -0.1) is 12.4 Å². The van der Waals surface area contributed by atoms with Crippen LogP contribution < -0.4 is 5.32 Å². The average Bonchev–Trinajstić information content (AvgIpc) is 2.27. The molecule has 1 amide bonds. The van der Waals surface area contributed by atoms with Crippen LogP contribution in [0, 0.1) is 0 Å². The van der Waals surface area contributed by atoms with Crippen LogP contribution in [0.2, 0.25) is 0 Å². The predicted octanol–water partition coefficient (Wildman–Crippen LogP) is -0.713. The van der Waals surface area contributed by atoms with Gasteiger partial charge in [-0.1, -0.05) is 0 Å². The molecule has 0 bridgehead atoms. The maximum absolute atomic E-state index is 11.1. The number of amides is 1. The Hall–Kier alpha value is -1.01. The van der Waals surface area contributed by atoms with E-state index in [0.29, 0.717) is 19.6 Å². The molecule has 0 saturated carbocycles. The largest absolute Gasteiger partial charge is 0.480 e. The number of ether oxygens (including phenoxy) is 1. The lowest BCUT2D eigenvalue weighted by atomic mass is 9.97. The second kappa shape index (κ2) is 3.62. The molecular formula is C7H11ClN2O4. The predicted molar refractivity (Wildman–Crippen MR) is 48.5 cm³/mol. The quantitative estimate of drug-likeness (QED) is 0.645. The van der Waals surface area contributed by atoms with Gasteiger partial charge in [0.2, 0.25) is 0 Å². The van der Waals surface area contributed by atoms with Crippen molar-refractivity contribution in [3.8, 4) is 0 Å². The van der Waals surface area contributed by atoms with Crippen molar-refractivity contribution in [2.75, 3.05) is 26.2 Å². The van der Waals surface area contributed by atoms with Crippen LogP contribution in [0.25, 0.3) is 0 Å². The van der Waals surface area contributed by atoms with E-state index >= 15 is 0 Å². The van der Waals surface area contributed by atoms with Crippen molar-refractivity contribution in [3.63, 3.8) is 0 Å². The summed E-state index contributed by atoms with van der Waals surface area (Å²) in [5, 5.41) is 11.5. The Bertz CT molecular complexity index is 266. The molecule has 0 aromatic rings. The highest BCUT2D eigenvalue weighted by molar-refractivity contribution is 5.85. The van der Waals surface area contributed by atoms with Crippen molar-refractivity contribution in [2.24, 2.45) is 0 Å². The van der Waals surface area contributed by atoms with Gasteiger partial charge < -0.3 is 15.2 Å². The van der Waals surface area contributed by atoms with E-state index < -0.39 is 17.7 Å². The standard InChI is InChI=1S/C7H10N2O4.ClH/c10-5(11)1-9-4-7(2-8-3-7)13-6(9)12;/h8H,1-4H2,(H,10,11);1H. The highest BCUT2D eigenvalue weighted by Crippen LogP contribution is 2.25. The van der Waals surface area contributed by atoms with Crippen molar-refractivity contribution >= 4 is 24.5 Å². The Kier molecular flexibility index (Phi) is 2.86. The van der Waals surface area contributed by atoms with Crippen molar-refractivity contribution in [1.82, 2.24) is 10.2 Å². The normalized spacial score (nSPS) is 22.6. The zero-order valence-corrected chi connectivity index (χ0v) is 8.17. The number of nitrogens with one attached hydrogen (secondary N) is 1. The summed E-state index contributed by atoms with van der Waals surface area (Å²) in [4.78, 5) is 22.7. The third kappa shape index (κ3) is 1.76. The van der Waals surface area contributed by atoms with E-state index in [2.05, 4.69) is 5.32 Å². The third-order valence-corrected chi connectivity index (χ3v) is 2.26. The molecule has 7 heteroatoms. The monoisotopic (exact) mass is 222 g/mol. The van der Waals surface area contributed by atoms with Gasteiger partial charge in [-0.25, -0.2) is 4.79 Å². The fourth-order valence-corrected chi connectivity index (χ4v) is 1.57. The number of aliphatic carboxylic acids is 1. The summed E-state index contributed by atoms with van der Waals surface area (Å²) in [6.45, 7) is 1.34. The van der Waals surface area contributed by atoms with Crippen LogP contribution in [0.15, 0.2) is 0 Å². The molecular weight excluding hydrogens is 212 g/mol. The van der Waals surface area contributed by atoms with Gasteiger partial charge in [0.1, 0.15) is 6.54 Å². The first kappa shape index (κ1) is 11.1. The number of rotatable bonds is 2. The minimum Gasteiger partial charge on any atom is -0.480 e. The first-order valence-electron chi connectivity index (χ1n) is 4.02. The summed E-state index contributed by atoms with van der Waals surface area (Å²) in [5.41, 5.74) is -0.452. The number of hydrogen-bond donors (Lipinski definition) is 2. The van der Waals surface area contributed by atoms with Gasteiger partial charge in [0.25, 0.3) is 0 Å². The molecule has 2 fully saturated rings. The molecule has 6 nitrogen and oxygen atoms in total. The Labute approximate surface area is 86.6 Å². The molecule has 0 aromatic heterocycles. The number of hydrogen-bond acceptors (Lipinski definition) is 4. The molecule has 0 radical (unpaired) electrons. The molecule has 0 aliphatic carbocycles. The van der Waals surface area contributed by atoms with Crippen molar-refractivity contribution in [1.29, 1.82) is 0 Å². The lowest BCUT2D eigenvalue weighted by molar-refractivity contribution is -0.137. The van der Waals surface area contributed by atoms with Gasteiger partial charge in [-0.05, 0) is 0 Å². The molecule has 2 N–H and O–H groups in total. The molecule has 2 saturated heterocycles. The zero-order chi connectivity index (χ0) is 9.47. The summed E-state index contributed by atoms with van der Waals surface area (Å²) in [5.74, 6) is -1.01. The van der Waals surface area contributed by atoms with E-state index in [1.54, 1.807) is 0 Å². The minimum atomic E-state index is -1.01. The topological polar surface area (TPSA) is 78.9 Å². The number of nitrogens with zero attached hydrogens (tertiary/aromatic N) is 1. The summed E-state index contributed by atoms with van der Waals surface area (Å²) < 4.78 is 5.06. The molecule has 14 heavy (non-hydrogen) atoms. The first-order chi connectivity index (χ1) is 6.11. The van der Waals surface area contributed by atoms with Gasteiger partial charge in [0.05, 0.1) is 6.54 Å². The van der Waals surface area contributed by atoms with Crippen LogP contribution in [0.4, 0.5) is 4.79 Å². The van der Waals surface area contributed by atoms with E-state index in [-0.39, 0.29) is 19.0 Å². The van der Waals surface area contributed by atoms with Crippen LogP contribution in [0.3, 0.4) is 0 Å². The molecule has 0 atom stereocenters.